The second kappa shape index (κ2) is 4.23. The van der Waals surface area contributed by atoms with Crippen LogP contribution in [0, 0.1) is 0 Å². The van der Waals surface area contributed by atoms with Crippen LogP contribution in [0.4, 0.5) is 5.82 Å². The van der Waals surface area contributed by atoms with Gasteiger partial charge in [0, 0.05) is 6.20 Å². The predicted octanol–water partition coefficient (Wildman–Crippen LogP) is 0.809. The molecule has 0 fully saturated rings. The number of nitrogens with zero attached hydrogens (tertiary/aromatic N) is 2. The molecule has 0 aliphatic carbocycles. The summed E-state index contributed by atoms with van der Waals surface area (Å²) in [6.07, 6.45) is 4.44. The van der Waals surface area contributed by atoms with Crippen LogP contribution in [0.2, 0.25) is 0 Å². The van der Waals surface area contributed by atoms with E-state index >= 15 is 0 Å². The van der Waals surface area contributed by atoms with Gasteiger partial charge in [0.25, 0.3) is 0 Å². The van der Waals surface area contributed by atoms with Gasteiger partial charge in [-0.2, -0.15) is 5.10 Å². The van der Waals surface area contributed by atoms with Crippen molar-refractivity contribution in [2.24, 2.45) is 5.10 Å². The number of furan rings is 1. The predicted molar refractivity (Wildman–Crippen MR) is 54.8 cm³/mol. The zero-order valence-electron chi connectivity index (χ0n) is 7.68. The number of aromatic nitrogens is 2. The number of nitrogens with one attached hydrogen (secondary N) is 2. The SMILES string of the molecule is O=c1nccc(NN=Cc2ccco2)[nH]1. The van der Waals surface area contributed by atoms with Crippen LogP contribution in [0.3, 0.4) is 0 Å². The highest BCUT2D eigenvalue weighted by atomic mass is 16.3. The van der Waals surface area contributed by atoms with Crippen LogP contribution in [0.25, 0.3) is 0 Å². The second-order valence-electron chi connectivity index (χ2n) is 2.67. The molecule has 0 amide bonds. The molecular formula is C9H8N4O2. The fourth-order valence-electron chi connectivity index (χ4n) is 0.964. The lowest BCUT2D eigenvalue weighted by Crippen LogP contribution is -2.10. The molecule has 2 rings (SSSR count). The Kier molecular flexibility index (Phi) is 2.59. The molecule has 0 atom stereocenters. The smallest absolute Gasteiger partial charge is 0.346 e. The summed E-state index contributed by atoms with van der Waals surface area (Å²) in [7, 11) is 0. The molecular weight excluding hydrogens is 196 g/mol. The van der Waals surface area contributed by atoms with Crippen LogP contribution in [-0.2, 0) is 0 Å². The van der Waals surface area contributed by atoms with Crippen LogP contribution in [0.1, 0.15) is 5.76 Å². The van der Waals surface area contributed by atoms with Gasteiger partial charge in [0.1, 0.15) is 11.6 Å². The molecule has 6 heteroatoms. The Bertz CT molecular complexity index is 501. The molecule has 2 N–H and O–H groups in total. The van der Waals surface area contributed by atoms with Gasteiger partial charge in [-0.1, -0.05) is 0 Å². The first-order valence-corrected chi connectivity index (χ1v) is 4.22. The van der Waals surface area contributed by atoms with Crippen molar-refractivity contribution in [2.45, 2.75) is 0 Å². The lowest BCUT2D eigenvalue weighted by atomic mass is 10.5. The summed E-state index contributed by atoms with van der Waals surface area (Å²) in [4.78, 5) is 16.7. The highest BCUT2D eigenvalue weighted by Gasteiger charge is 1.90. The number of H-pyrrole nitrogens is 1. The van der Waals surface area contributed by atoms with Gasteiger partial charge in [-0.3, -0.25) is 10.4 Å². The molecule has 2 aromatic heterocycles. The van der Waals surface area contributed by atoms with Crippen molar-refractivity contribution in [1.29, 1.82) is 0 Å². The van der Waals surface area contributed by atoms with Crippen molar-refractivity contribution in [3.8, 4) is 0 Å². The molecule has 0 aliphatic rings. The molecule has 76 valence electrons. The summed E-state index contributed by atoms with van der Waals surface area (Å²) in [6, 6.07) is 5.12. The van der Waals surface area contributed by atoms with Crippen LogP contribution in [0.15, 0.2) is 45.0 Å². The number of hydrogen-bond acceptors (Lipinski definition) is 5. The Morgan fingerprint density at radius 3 is 3.20 bits per heavy atom. The van der Waals surface area contributed by atoms with E-state index in [2.05, 4.69) is 20.5 Å². The van der Waals surface area contributed by atoms with E-state index < -0.39 is 5.69 Å². The van der Waals surface area contributed by atoms with E-state index in [-0.39, 0.29) is 0 Å². The maximum atomic E-state index is 10.8. The van der Waals surface area contributed by atoms with Gasteiger partial charge in [0.15, 0.2) is 0 Å². The van der Waals surface area contributed by atoms with Crippen molar-refractivity contribution >= 4 is 12.0 Å². The Hall–Kier alpha value is -2.37. The third-order valence-corrected chi connectivity index (χ3v) is 1.59. The second-order valence-corrected chi connectivity index (χ2v) is 2.67. The Balaban J connectivity index is 2.02. The maximum absolute atomic E-state index is 10.8. The van der Waals surface area contributed by atoms with E-state index in [4.69, 9.17) is 4.42 Å². The molecule has 0 unspecified atom stereocenters. The summed E-state index contributed by atoms with van der Waals surface area (Å²) < 4.78 is 5.02. The molecule has 0 saturated carbocycles. The average Bonchev–Trinajstić information content (AvgIpc) is 2.71. The number of hydrogen-bond donors (Lipinski definition) is 2. The largest absolute Gasteiger partial charge is 0.463 e. The minimum Gasteiger partial charge on any atom is -0.463 e. The number of anilines is 1. The van der Waals surface area contributed by atoms with Gasteiger partial charge in [-0.25, -0.2) is 9.78 Å². The lowest BCUT2D eigenvalue weighted by molar-refractivity contribution is 0.560. The molecule has 0 spiro atoms. The molecule has 0 aliphatic heterocycles. The van der Waals surface area contributed by atoms with Crippen molar-refractivity contribution < 1.29 is 4.42 Å². The minimum absolute atomic E-state index is 0.423. The van der Waals surface area contributed by atoms with E-state index in [1.54, 1.807) is 24.5 Å². The molecule has 2 heterocycles. The zero-order valence-corrected chi connectivity index (χ0v) is 7.68. The van der Waals surface area contributed by atoms with E-state index in [1.165, 1.54) is 12.4 Å². The van der Waals surface area contributed by atoms with Gasteiger partial charge in [-0.05, 0) is 18.2 Å². The maximum Gasteiger partial charge on any atom is 0.346 e. The molecule has 2 aromatic rings. The Morgan fingerprint density at radius 2 is 2.47 bits per heavy atom. The van der Waals surface area contributed by atoms with Gasteiger partial charge >= 0.3 is 5.69 Å². The zero-order chi connectivity index (χ0) is 10.5. The third kappa shape index (κ3) is 2.53. The van der Waals surface area contributed by atoms with Crippen molar-refractivity contribution in [3.63, 3.8) is 0 Å². The standard InChI is InChI=1S/C9H8N4O2/c14-9-10-4-3-8(12-9)13-11-6-7-2-1-5-15-7/h1-6H,(H2,10,12,13,14). The average molecular weight is 204 g/mol. The van der Waals surface area contributed by atoms with E-state index in [0.29, 0.717) is 11.6 Å². The summed E-state index contributed by atoms with van der Waals surface area (Å²) in [5.74, 6) is 1.09. The monoisotopic (exact) mass is 204 g/mol. The fourth-order valence-corrected chi connectivity index (χ4v) is 0.964. The molecule has 15 heavy (non-hydrogen) atoms. The van der Waals surface area contributed by atoms with Gasteiger partial charge in [-0.15, -0.1) is 0 Å². The molecule has 0 bridgehead atoms. The summed E-state index contributed by atoms with van der Waals surface area (Å²) in [6.45, 7) is 0. The number of aromatic amines is 1. The normalized spacial score (nSPS) is 10.7. The van der Waals surface area contributed by atoms with Crippen molar-refractivity contribution in [2.75, 3.05) is 5.43 Å². The molecule has 0 aromatic carbocycles. The summed E-state index contributed by atoms with van der Waals surface area (Å²) >= 11 is 0. The molecule has 0 saturated heterocycles. The van der Waals surface area contributed by atoms with Crippen LogP contribution in [-0.4, -0.2) is 16.2 Å². The number of hydrazone groups is 1. The van der Waals surface area contributed by atoms with Gasteiger partial charge in [0.2, 0.25) is 0 Å². The molecule has 6 nitrogen and oxygen atoms in total. The van der Waals surface area contributed by atoms with Crippen LogP contribution >= 0.6 is 0 Å². The van der Waals surface area contributed by atoms with E-state index in [1.807, 2.05) is 0 Å². The van der Waals surface area contributed by atoms with Crippen LogP contribution < -0.4 is 11.1 Å². The highest BCUT2D eigenvalue weighted by molar-refractivity contribution is 5.76. The number of rotatable bonds is 3. The van der Waals surface area contributed by atoms with E-state index in [9.17, 15) is 4.79 Å². The summed E-state index contributed by atoms with van der Waals surface area (Å²) in [5.41, 5.74) is 2.21. The first-order valence-electron chi connectivity index (χ1n) is 4.22. The molecule has 0 radical (unpaired) electrons. The van der Waals surface area contributed by atoms with Gasteiger partial charge in [0.05, 0.1) is 12.5 Å². The topological polar surface area (TPSA) is 83.3 Å². The van der Waals surface area contributed by atoms with Crippen LogP contribution in [0.5, 0.6) is 0 Å². The Labute approximate surface area is 84.7 Å². The van der Waals surface area contributed by atoms with Gasteiger partial charge < -0.3 is 4.42 Å². The van der Waals surface area contributed by atoms with E-state index in [0.717, 1.165) is 0 Å². The third-order valence-electron chi connectivity index (χ3n) is 1.59. The Morgan fingerprint density at radius 1 is 1.53 bits per heavy atom. The fraction of sp³-hybridized carbons (Fsp3) is 0. The first kappa shape index (κ1) is 9.20. The van der Waals surface area contributed by atoms with Crippen molar-refractivity contribution in [3.05, 3.63) is 46.9 Å². The quantitative estimate of drug-likeness (QED) is 0.572. The lowest BCUT2D eigenvalue weighted by Gasteiger charge is -1.96. The highest BCUT2D eigenvalue weighted by Crippen LogP contribution is 1.97. The van der Waals surface area contributed by atoms with Crippen molar-refractivity contribution in [1.82, 2.24) is 9.97 Å². The minimum atomic E-state index is -0.423. The first-order chi connectivity index (χ1) is 7.34. The summed E-state index contributed by atoms with van der Waals surface area (Å²) in [5, 5.41) is 3.86.